The summed E-state index contributed by atoms with van der Waals surface area (Å²) in [6.45, 7) is 3.79. The average Bonchev–Trinajstić information content (AvgIpc) is 2.43. The van der Waals surface area contributed by atoms with E-state index in [4.69, 9.17) is 4.42 Å². The molecule has 0 aliphatic rings. The van der Waals surface area contributed by atoms with Crippen LogP contribution in [0.2, 0.25) is 0 Å². The Balaban J connectivity index is 2.66. The average molecular weight is 178 g/mol. The zero-order valence-corrected chi connectivity index (χ0v) is 7.34. The number of benzene rings is 1. The lowest BCUT2D eigenvalue weighted by molar-refractivity contribution is 0.491. The lowest BCUT2D eigenvalue weighted by Crippen LogP contribution is -1.77. The number of thiol groups is 1. The fourth-order valence-corrected chi connectivity index (χ4v) is 1.32. The van der Waals surface area contributed by atoms with Crippen molar-refractivity contribution >= 4 is 23.7 Å². The van der Waals surface area contributed by atoms with Crippen LogP contribution in [0.1, 0.15) is 5.56 Å². The van der Waals surface area contributed by atoms with Crippen LogP contribution in [0.4, 0.5) is 0 Å². The Kier molecular flexibility index (Phi) is 1.81. The summed E-state index contributed by atoms with van der Waals surface area (Å²) in [6, 6.07) is 5.85. The van der Waals surface area contributed by atoms with E-state index in [9.17, 15) is 0 Å². The first-order valence-corrected chi connectivity index (χ1v) is 4.12. The number of hydrogen-bond acceptors (Lipinski definition) is 3. The zero-order valence-electron chi connectivity index (χ0n) is 6.45. The summed E-state index contributed by atoms with van der Waals surface area (Å²) in [5.41, 5.74) is 2.77. The van der Waals surface area contributed by atoms with E-state index in [2.05, 4.69) is 24.5 Å². The molecule has 0 saturated heterocycles. The maximum atomic E-state index is 5.24. The van der Waals surface area contributed by atoms with Crippen molar-refractivity contribution in [2.24, 2.45) is 0 Å². The van der Waals surface area contributed by atoms with Crippen molar-refractivity contribution in [2.45, 2.75) is 11.6 Å². The molecular weight excluding hydrogens is 170 g/mol. The maximum absolute atomic E-state index is 5.24. The smallest absolute Gasteiger partial charge is 0.253 e. The second kappa shape index (κ2) is 2.83. The van der Waals surface area contributed by atoms with Crippen LogP contribution in [0.3, 0.4) is 0 Å². The first kappa shape index (κ1) is 7.68. The van der Waals surface area contributed by atoms with Crippen molar-refractivity contribution in [3.63, 3.8) is 0 Å². The van der Waals surface area contributed by atoms with E-state index in [1.54, 1.807) is 0 Å². The van der Waals surface area contributed by atoms with Crippen molar-refractivity contribution in [1.82, 2.24) is 4.98 Å². The summed E-state index contributed by atoms with van der Waals surface area (Å²) < 4.78 is 5.24. The van der Waals surface area contributed by atoms with E-state index in [0.29, 0.717) is 5.22 Å². The lowest BCUT2D eigenvalue weighted by atomic mass is 10.2. The summed E-state index contributed by atoms with van der Waals surface area (Å²) in [7, 11) is 0. The topological polar surface area (TPSA) is 26.0 Å². The molecule has 2 rings (SSSR count). The molecule has 0 N–H and O–H groups in total. The monoisotopic (exact) mass is 178 g/mol. The van der Waals surface area contributed by atoms with Crippen LogP contribution in [0.15, 0.2) is 27.8 Å². The Morgan fingerprint density at radius 1 is 1.50 bits per heavy atom. The Morgan fingerprint density at radius 2 is 2.33 bits per heavy atom. The van der Waals surface area contributed by atoms with Gasteiger partial charge in [0.1, 0.15) is 5.52 Å². The highest BCUT2D eigenvalue weighted by molar-refractivity contribution is 7.80. The molecule has 1 aromatic heterocycles. The van der Waals surface area contributed by atoms with Crippen molar-refractivity contribution < 1.29 is 4.42 Å². The van der Waals surface area contributed by atoms with Crippen LogP contribution in [-0.2, 0) is 6.42 Å². The molecule has 3 heteroatoms. The third-order valence-electron chi connectivity index (χ3n) is 1.73. The Morgan fingerprint density at radius 3 is 3.08 bits per heavy atom. The fraction of sp³-hybridized carbons (Fsp3) is 0.111. The van der Waals surface area contributed by atoms with Gasteiger partial charge in [0.05, 0.1) is 0 Å². The second-order valence-electron chi connectivity index (χ2n) is 2.55. The van der Waals surface area contributed by atoms with Gasteiger partial charge >= 0.3 is 0 Å². The van der Waals surface area contributed by atoms with E-state index in [-0.39, 0.29) is 0 Å². The highest BCUT2D eigenvalue weighted by Gasteiger charge is 2.01. The van der Waals surface area contributed by atoms with Gasteiger partial charge in [-0.3, -0.25) is 0 Å². The van der Waals surface area contributed by atoms with Crippen LogP contribution >= 0.6 is 12.6 Å². The molecule has 0 fully saturated rings. The third kappa shape index (κ3) is 1.20. The first-order chi connectivity index (χ1) is 5.79. The number of oxazole rings is 1. The Bertz CT molecular complexity index is 408. The minimum absolute atomic E-state index is 0.409. The second-order valence-corrected chi connectivity index (χ2v) is 2.93. The van der Waals surface area contributed by atoms with Crippen molar-refractivity contribution in [3.8, 4) is 0 Å². The van der Waals surface area contributed by atoms with Gasteiger partial charge in [-0.05, 0) is 31.0 Å². The minimum Gasteiger partial charge on any atom is -0.432 e. The summed E-state index contributed by atoms with van der Waals surface area (Å²) >= 11 is 4.01. The minimum atomic E-state index is 0.409. The van der Waals surface area contributed by atoms with Gasteiger partial charge in [0.2, 0.25) is 0 Å². The summed E-state index contributed by atoms with van der Waals surface area (Å²) in [6.07, 6.45) is 0.762. The van der Waals surface area contributed by atoms with Crippen molar-refractivity contribution in [2.75, 3.05) is 0 Å². The molecule has 0 spiro atoms. The molecule has 0 aliphatic heterocycles. The fourth-order valence-electron chi connectivity index (χ4n) is 1.11. The molecule has 0 amide bonds. The number of fused-ring (bicyclic) bond motifs is 1. The summed E-state index contributed by atoms with van der Waals surface area (Å²) in [5.74, 6) is 0. The predicted octanol–water partition coefficient (Wildman–Crippen LogP) is 2.49. The Labute approximate surface area is 76.0 Å². The largest absolute Gasteiger partial charge is 0.432 e. The van der Waals surface area contributed by atoms with E-state index in [0.717, 1.165) is 23.1 Å². The van der Waals surface area contributed by atoms with Gasteiger partial charge in [0.15, 0.2) is 5.58 Å². The first-order valence-electron chi connectivity index (χ1n) is 3.67. The molecule has 1 radical (unpaired) electrons. The van der Waals surface area contributed by atoms with E-state index >= 15 is 0 Å². The van der Waals surface area contributed by atoms with Gasteiger partial charge in [-0.1, -0.05) is 18.7 Å². The van der Waals surface area contributed by atoms with Crippen molar-refractivity contribution in [1.29, 1.82) is 0 Å². The standard InChI is InChI=1S/C9H8NOS/c1-2-6-3-4-7-8(5-6)11-9(12)10-7/h3-5H,1-2H2,(H,10,12). The molecule has 2 aromatic rings. The molecular formula is C9H8NOS. The van der Waals surface area contributed by atoms with Gasteiger partial charge in [-0.25, -0.2) is 4.98 Å². The van der Waals surface area contributed by atoms with Crippen LogP contribution in [-0.4, -0.2) is 4.98 Å². The number of nitrogens with zero attached hydrogens (tertiary/aromatic N) is 1. The van der Waals surface area contributed by atoms with Crippen molar-refractivity contribution in [3.05, 3.63) is 30.7 Å². The molecule has 0 saturated carbocycles. The van der Waals surface area contributed by atoms with Gasteiger partial charge in [-0.15, -0.1) is 0 Å². The molecule has 61 valence electrons. The highest BCUT2D eigenvalue weighted by Crippen LogP contribution is 2.18. The van der Waals surface area contributed by atoms with E-state index in [1.807, 2.05) is 18.2 Å². The maximum Gasteiger partial charge on any atom is 0.253 e. The van der Waals surface area contributed by atoms with Gasteiger partial charge in [0, 0.05) is 0 Å². The van der Waals surface area contributed by atoms with Gasteiger partial charge in [0.25, 0.3) is 5.22 Å². The number of hydrogen-bond donors (Lipinski definition) is 1. The zero-order chi connectivity index (χ0) is 8.55. The van der Waals surface area contributed by atoms with Gasteiger partial charge in [-0.2, -0.15) is 0 Å². The molecule has 0 aliphatic carbocycles. The molecule has 1 aromatic carbocycles. The summed E-state index contributed by atoms with van der Waals surface area (Å²) in [4.78, 5) is 4.07. The van der Waals surface area contributed by atoms with E-state index < -0.39 is 0 Å². The molecule has 12 heavy (non-hydrogen) atoms. The van der Waals surface area contributed by atoms with Crippen LogP contribution in [0.25, 0.3) is 11.1 Å². The molecule has 0 bridgehead atoms. The Hall–Kier alpha value is -0.960. The normalized spacial score (nSPS) is 10.8. The van der Waals surface area contributed by atoms with Crippen LogP contribution in [0, 0.1) is 6.92 Å². The number of rotatable bonds is 1. The SMILES string of the molecule is [CH2]Cc1ccc2nc(S)oc2c1. The molecule has 0 atom stereocenters. The quantitative estimate of drug-likeness (QED) is 0.679. The molecule has 0 unspecified atom stereocenters. The molecule has 1 heterocycles. The number of aromatic nitrogens is 1. The van der Waals surface area contributed by atoms with Crippen LogP contribution < -0.4 is 0 Å². The lowest BCUT2D eigenvalue weighted by Gasteiger charge is -1.92. The third-order valence-corrected chi connectivity index (χ3v) is 1.92. The highest BCUT2D eigenvalue weighted by atomic mass is 32.1. The molecule has 2 nitrogen and oxygen atoms in total. The summed E-state index contributed by atoms with van der Waals surface area (Å²) in [5, 5.41) is 0.409. The van der Waals surface area contributed by atoms with Gasteiger partial charge < -0.3 is 4.42 Å². The van der Waals surface area contributed by atoms with Crippen LogP contribution in [0.5, 0.6) is 0 Å². The predicted molar refractivity (Wildman–Crippen MR) is 50.3 cm³/mol. The van der Waals surface area contributed by atoms with E-state index in [1.165, 1.54) is 0 Å².